The molecule has 0 saturated carbocycles. The second kappa shape index (κ2) is 5.86. The maximum absolute atomic E-state index is 12.3. The highest BCUT2D eigenvalue weighted by Crippen LogP contribution is 2.19. The quantitative estimate of drug-likeness (QED) is 0.908. The predicted molar refractivity (Wildman–Crippen MR) is 70.0 cm³/mol. The van der Waals surface area contributed by atoms with Crippen LogP contribution in [0.3, 0.4) is 0 Å². The van der Waals surface area contributed by atoms with Crippen LogP contribution in [0, 0.1) is 5.92 Å². The normalized spacial score (nSPS) is 23.3. The number of nitrogens with zero attached hydrogens (tertiary/aromatic N) is 1. The van der Waals surface area contributed by atoms with Gasteiger partial charge in [0, 0.05) is 13.1 Å². The molecule has 2 heterocycles. The van der Waals surface area contributed by atoms with E-state index in [1.54, 1.807) is 11.9 Å². The Labute approximate surface area is 115 Å². The van der Waals surface area contributed by atoms with Gasteiger partial charge >= 0.3 is 0 Å². The molecule has 0 aliphatic carbocycles. The second-order valence-electron chi connectivity index (χ2n) is 4.44. The van der Waals surface area contributed by atoms with E-state index in [9.17, 15) is 4.79 Å². The number of hydrogen-bond acceptors (Lipinski definition) is 4. The fraction of sp³-hybridized carbons (Fsp3) is 0.583. The van der Waals surface area contributed by atoms with Crippen molar-refractivity contribution >= 4 is 21.8 Å². The largest absolute Gasteiger partial charge is 0.452 e. The molecule has 100 valence electrons. The Morgan fingerprint density at radius 2 is 2.33 bits per heavy atom. The zero-order valence-corrected chi connectivity index (χ0v) is 12.1. The lowest BCUT2D eigenvalue weighted by Crippen LogP contribution is -2.43. The molecular formula is C12H17BrN2O3. The topological polar surface area (TPSA) is 54.7 Å². The monoisotopic (exact) mass is 316 g/mol. The predicted octanol–water partition coefficient (Wildman–Crippen LogP) is 1.23. The van der Waals surface area contributed by atoms with E-state index in [0.29, 0.717) is 24.4 Å². The van der Waals surface area contributed by atoms with Crippen LogP contribution >= 0.6 is 15.9 Å². The van der Waals surface area contributed by atoms with Gasteiger partial charge in [0.1, 0.15) is 5.76 Å². The fourth-order valence-corrected chi connectivity index (χ4v) is 2.45. The van der Waals surface area contributed by atoms with Crippen LogP contribution in [-0.4, -0.2) is 44.2 Å². The van der Waals surface area contributed by atoms with Crippen molar-refractivity contribution in [1.29, 1.82) is 0 Å². The van der Waals surface area contributed by atoms with E-state index < -0.39 is 0 Å². The summed E-state index contributed by atoms with van der Waals surface area (Å²) in [6.45, 7) is 1.54. The first-order valence-corrected chi connectivity index (χ1v) is 6.65. The van der Waals surface area contributed by atoms with E-state index in [4.69, 9.17) is 9.15 Å². The molecule has 2 unspecified atom stereocenters. The Bertz CT molecular complexity index is 421. The molecule has 5 nitrogen and oxygen atoms in total. The number of carbonyl (C=O) groups excluding carboxylic acids is 1. The zero-order valence-electron chi connectivity index (χ0n) is 10.5. The van der Waals surface area contributed by atoms with Crippen molar-refractivity contribution in [1.82, 2.24) is 10.2 Å². The summed E-state index contributed by atoms with van der Waals surface area (Å²) in [6, 6.07) is 3.78. The number of likely N-dealkylation sites (N-methyl/N-ethyl adjacent to an activating group) is 1. The SMILES string of the molecule is CNC1COCC1C(=O)N(C)Cc1ccc(Br)o1. The molecule has 6 heteroatoms. The smallest absolute Gasteiger partial charge is 0.229 e. The molecule has 0 bridgehead atoms. The summed E-state index contributed by atoms with van der Waals surface area (Å²) in [7, 11) is 3.63. The molecule has 1 fully saturated rings. The third-order valence-corrected chi connectivity index (χ3v) is 3.59. The van der Waals surface area contributed by atoms with Gasteiger partial charge in [-0.05, 0) is 35.1 Å². The van der Waals surface area contributed by atoms with Crippen molar-refractivity contribution in [2.75, 3.05) is 27.3 Å². The summed E-state index contributed by atoms with van der Waals surface area (Å²) >= 11 is 3.25. The first-order valence-electron chi connectivity index (χ1n) is 5.86. The van der Waals surface area contributed by atoms with E-state index in [2.05, 4.69) is 21.2 Å². The van der Waals surface area contributed by atoms with Crippen LogP contribution < -0.4 is 5.32 Å². The minimum atomic E-state index is -0.113. The van der Waals surface area contributed by atoms with Crippen LogP contribution in [0.1, 0.15) is 5.76 Å². The number of halogens is 1. The Morgan fingerprint density at radius 3 is 2.94 bits per heavy atom. The molecule has 1 saturated heterocycles. The van der Waals surface area contributed by atoms with Gasteiger partial charge in [0.05, 0.1) is 25.7 Å². The Hall–Kier alpha value is -0.850. The highest BCUT2D eigenvalue weighted by atomic mass is 79.9. The van der Waals surface area contributed by atoms with Crippen LogP contribution in [0.15, 0.2) is 21.2 Å². The summed E-state index contributed by atoms with van der Waals surface area (Å²) in [5, 5.41) is 3.11. The van der Waals surface area contributed by atoms with Crippen molar-refractivity contribution in [3.05, 3.63) is 22.6 Å². The van der Waals surface area contributed by atoms with Gasteiger partial charge in [-0.25, -0.2) is 0 Å². The number of nitrogens with one attached hydrogen (secondary N) is 1. The Balaban J connectivity index is 1.96. The van der Waals surface area contributed by atoms with E-state index in [1.807, 2.05) is 19.2 Å². The molecule has 18 heavy (non-hydrogen) atoms. The van der Waals surface area contributed by atoms with Gasteiger partial charge in [-0.1, -0.05) is 0 Å². The Kier molecular flexibility index (Phi) is 4.42. The van der Waals surface area contributed by atoms with Crippen molar-refractivity contribution in [2.45, 2.75) is 12.6 Å². The summed E-state index contributed by atoms with van der Waals surface area (Å²) in [6.07, 6.45) is 0. The third kappa shape index (κ3) is 2.93. The lowest BCUT2D eigenvalue weighted by atomic mass is 10.0. The van der Waals surface area contributed by atoms with Crippen molar-refractivity contribution in [3.63, 3.8) is 0 Å². The number of ether oxygens (including phenoxy) is 1. The lowest BCUT2D eigenvalue weighted by molar-refractivity contribution is -0.135. The highest BCUT2D eigenvalue weighted by molar-refractivity contribution is 9.10. The molecule has 1 N–H and O–H groups in total. The lowest BCUT2D eigenvalue weighted by Gasteiger charge is -2.22. The molecule has 0 aromatic carbocycles. The van der Waals surface area contributed by atoms with Gasteiger partial charge in [0.15, 0.2) is 4.67 Å². The van der Waals surface area contributed by atoms with Gasteiger partial charge in [0.2, 0.25) is 5.91 Å². The van der Waals surface area contributed by atoms with Crippen LogP contribution in [0.5, 0.6) is 0 Å². The molecule has 2 atom stereocenters. The Morgan fingerprint density at radius 1 is 1.56 bits per heavy atom. The standard InChI is InChI=1S/C12H17BrN2O3/c1-14-10-7-17-6-9(10)12(16)15(2)5-8-3-4-11(13)18-8/h3-4,9-10,14H,5-7H2,1-2H3. The summed E-state index contributed by atoms with van der Waals surface area (Å²) in [5.41, 5.74) is 0. The molecule has 1 aromatic heterocycles. The van der Waals surface area contributed by atoms with Gasteiger partial charge in [-0.15, -0.1) is 0 Å². The number of rotatable bonds is 4. The van der Waals surface area contributed by atoms with Gasteiger partial charge in [-0.3, -0.25) is 4.79 Å². The summed E-state index contributed by atoms with van der Waals surface area (Å²) < 4.78 is 11.4. The summed E-state index contributed by atoms with van der Waals surface area (Å²) in [5.74, 6) is 0.732. The maximum atomic E-state index is 12.3. The van der Waals surface area contributed by atoms with Gasteiger partial charge in [-0.2, -0.15) is 0 Å². The number of hydrogen-bond donors (Lipinski definition) is 1. The molecule has 1 aliphatic heterocycles. The first-order chi connectivity index (χ1) is 8.61. The second-order valence-corrected chi connectivity index (χ2v) is 5.22. The molecular weight excluding hydrogens is 300 g/mol. The van der Waals surface area contributed by atoms with Crippen LogP contribution in [-0.2, 0) is 16.1 Å². The fourth-order valence-electron chi connectivity index (χ4n) is 2.11. The van der Waals surface area contributed by atoms with E-state index in [1.165, 1.54) is 0 Å². The number of carbonyl (C=O) groups is 1. The van der Waals surface area contributed by atoms with E-state index in [-0.39, 0.29) is 17.9 Å². The molecule has 1 amide bonds. The average molecular weight is 317 g/mol. The molecule has 1 aliphatic rings. The molecule has 2 rings (SSSR count). The van der Waals surface area contributed by atoms with Crippen LogP contribution in [0.4, 0.5) is 0 Å². The van der Waals surface area contributed by atoms with Crippen molar-refractivity contribution in [2.24, 2.45) is 5.92 Å². The van der Waals surface area contributed by atoms with Crippen molar-refractivity contribution < 1.29 is 13.9 Å². The average Bonchev–Trinajstić information content (AvgIpc) is 2.96. The van der Waals surface area contributed by atoms with Gasteiger partial charge < -0.3 is 19.4 Å². The van der Waals surface area contributed by atoms with E-state index in [0.717, 1.165) is 5.76 Å². The number of amides is 1. The minimum absolute atomic E-state index is 0.0828. The van der Waals surface area contributed by atoms with Crippen LogP contribution in [0.2, 0.25) is 0 Å². The van der Waals surface area contributed by atoms with Crippen molar-refractivity contribution in [3.8, 4) is 0 Å². The minimum Gasteiger partial charge on any atom is -0.452 e. The highest BCUT2D eigenvalue weighted by Gasteiger charge is 2.34. The van der Waals surface area contributed by atoms with Gasteiger partial charge in [0.25, 0.3) is 0 Å². The van der Waals surface area contributed by atoms with Crippen LogP contribution in [0.25, 0.3) is 0 Å². The first kappa shape index (κ1) is 13.6. The summed E-state index contributed by atoms with van der Waals surface area (Å²) in [4.78, 5) is 14.0. The number of furan rings is 1. The third-order valence-electron chi connectivity index (χ3n) is 3.17. The molecule has 0 spiro atoms. The molecule has 1 aromatic rings. The van der Waals surface area contributed by atoms with E-state index >= 15 is 0 Å². The molecule has 0 radical (unpaired) electrons. The maximum Gasteiger partial charge on any atom is 0.229 e. The zero-order chi connectivity index (χ0) is 13.1.